The summed E-state index contributed by atoms with van der Waals surface area (Å²) in [6.45, 7) is 2.01. The van der Waals surface area contributed by atoms with Gasteiger partial charge in [0, 0.05) is 6.54 Å². The van der Waals surface area contributed by atoms with Gasteiger partial charge in [0.1, 0.15) is 11.5 Å². The van der Waals surface area contributed by atoms with Crippen LogP contribution in [0.4, 0.5) is 11.4 Å². The standard InChI is InChI=1S/C27H26N2O5S/c1-4-29(21-12-6-5-7-13-21)35(31,32)22-14-15-25(33-2)24(18-22)28-27(30)23-16-19-10-8-9-11-20(19)17-26(23)34-3/h5-18H,4H2,1-3H3,(H,28,30). The van der Waals surface area contributed by atoms with Gasteiger partial charge >= 0.3 is 0 Å². The van der Waals surface area contributed by atoms with Gasteiger partial charge < -0.3 is 14.8 Å². The highest BCUT2D eigenvalue weighted by atomic mass is 32.2. The van der Waals surface area contributed by atoms with Crippen LogP contribution in [0.25, 0.3) is 10.8 Å². The predicted molar refractivity (Wildman–Crippen MR) is 138 cm³/mol. The number of rotatable bonds is 8. The lowest BCUT2D eigenvalue weighted by Gasteiger charge is -2.23. The Morgan fingerprint density at radius 3 is 2.09 bits per heavy atom. The van der Waals surface area contributed by atoms with Crippen molar-refractivity contribution in [1.82, 2.24) is 0 Å². The molecule has 0 aliphatic heterocycles. The molecule has 4 rings (SSSR count). The number of sulfonamides is 1. The van der Waals surface area contributed by atoms with Crippen LogP contribution in [0.15, 0.2) is 89.8 Å². The highest BCUT2D eigenvalue weighted by Gasteiger charge is 2.25. The number of nitrogens with zero attached hydrogens (tertiary/aromatic N) is 1. The maximum absolute atomic E-state index is 13.5. The van der Waals surface area contributed by atoms with E-state index in [1.807, 2.05) is 30.3 Å². The second-order valence-electron chi connectivity index (χ2n) is 7.72. The molecule has 7 nitrogen and oxygen atoms in total. The second-order valence-corrected chi connectivity index (χ2v) is 9.58. The third kappa shape index (κ3) is 4.79. The van der Waals surface area contributed by atoms with Gasteiger partial charge in [-0.05, 0) is 60.2 Å². The van der Waals surface area contributed by atoms with E-state index in [1.54, 1.807) is 43.3 Å². The van der Waals surface area contributed by atoms with E-state index in [-0.39, 0.29) is 17.1 Å². The molecular formula is C27H26N2O5S. The molecule has 0 aliphatic rings. The molecule has 4 aromatic rings. The summed E-state index contributed by atoms with van der Waals surface area (Å²) in [6, 6.07) is 24.4. The molecule has 1 N–H and O–H groups in total. The quantitative estimate of drug-likeness (QED) is 0.361. The van der Waals surface area contributed by atoms with Crippen LogP contribution in [0.2, 0.25) is 0 Å². The fraction of sp³-hybridized carbons (Fsp3) is 0.148. The first-order valence-corrected chi connectivity index (χ1v) is 12.5. The average molecular weight is 491 g/mol. The molecule has 8 heteroatoms. The van der Waals surface area contributed by atoms with E-state index >= 15 is 0 Å². The molecule has 0 aliphatic carbocycles. The van der Waals surface area contributed by atoms with Crippen molar-refractivity contribution in [3.63, 3.8) is 0 Å². The van der Waals surface area contributed by atoms with Crippen LogP contribution < -0.4 is 19.1 Å². The summed E-state index contributed by atoms with van der Waals surface area (Å²) in [7, 11) is -0.938. The molecule has 0 spiro atoms. The molecule has 0 saturated heterocycles. The van der Waals surface area contributed by atoms with Gasteiger partial charge in [-0.1, -0.05) is 42.5 Å². The fourth-order valence-electron chi connectivity index (χ4n) is 3.91. The lowest BCUT2D eigenvalue weighted by Crippen LogP contribution is -2.30. The number of benzene rings is 4. The van der Waals surface area contributed by atoms with Gasteiger partial charge in [-0.25, -0.2) is 8.42 Å². The monoisotopic (exact) mass is 490 g/mol. The minimum Gasteiger partial charge on any atom is -0.496 e. The molecule has 0 fully saturated rings. The van der Waals surface area contributed by atoms with Crippen molar-refractivity contribution in [3.8, 4) is 11.5 Å². The van der Waals surface area contributed by atoms with Crippen LogP contribution in [-0.2, 0) is 10.0 Å². The van der Waals surface area contributed by atoms with Crippen molar-refractivity contribution in [2.75, 3.05) is 30.4 Å². The first-order chi connectivity index (χ1) is 16.9. The maximum atomic E-state index is 13.5. The number of fused-ring (bicyclic) bond motifs is 1. The Balaban J connectivity index is 1.72. The van der Waals surface area contributed by atoms with Gasteiger partial charge in [0.15, 0.2) is 0 Å². The molecule has 35 heavy (non-hydrogen) atoms. The largest absolute Gasteiger partial charge is 0.496 e. The molecule has 180 valence electrons. The van der Waals surface area contributed by atoms with Gasteiger partial charge in [-0.15, -0.1) is 0 Å². The zero-order chi connectivity index (χ0) is 25.0. The number of carbonyl (C=O) groups excluding carboxylic acids is 1. The van der Waals surface area contributed by atoms with Crippen molar-refractivity contribution in [2.24, 2.45) is 0 Å². The van der Waals surface area contributed by atoms with E-state index in [4.69, 9.17) is 9.47 Å². The van der Waals surface area contributed by atoms with Crippen LogP contribution >= 0.6 is 0 Å². The smallest absolute Gasteiger partial charge is 0.264 e. The number of ether oxygens (including phenoxy) is 2. The third-order valence-corrected chi connectivity index (χ3v) is 7.55. The van der Waals surface area contributed by atoms with Gasteiger partial charge in [0.25, 0.3) is 15.9 Å². The Kier molecular flexibility index (Phi) is 6.93. The number of anilines is 2. The molecule has 0 unspecified atom stereocenters. The predicted octanol–water partition coefficient (Wildman–Crippen LogP) is 5.32. The summed E-state index contributed by atoms with van der Waals surface area (Å²) < 4.78 is 39.1. The highest BCUT2D eigenvalue weighted by Crippen LogP contribution is 2.32. The third-order valence-electron chi connectivity index (χ3n) is 5.65. The lowest BCUT2D eigenvalue weighted by atomic mass is 10.1. The van der Waals surface area contributed by atoms with Crippen molar-refractivity contribution < 1.29 is 22.7 Å². The van der Waals surface area contributed by atoms with Gasteiger partial charge in [-0.2, -0.15) is 0 Å². The minimum absolute atomic E-state index is 0.0322. The van der Waals surface area contributed by atoms with E-state index in [9.17, 15) is 13.2 Å². The van der Waals surface area contributed by atoms with E-state index in [2.05, 4.69) is 5.32 Å². The number of carbonyl (C=O) groups is 1. The summed E-state index contributed by atoms with van der Waals surface area (Å²) in [4.78, 5) is 13.3. The highest BCUT2D eigenvalue weighted by molar-refractivity contribution is 7.92. The minimum atomic E-state index is -3.89. The molecule has 0 radical (unpaired) electrons. The molecule has 0 bridgehead atoms. The number of nitrogens with one attached hydrogen (secondary N) is 1. The van der Waals surface area contributed by atoms with Crippen LogP contribution in [0, 0.1) is 0 Å². The summed E-state index contributed by atoms with van der Waals surface area (Å²) >= 11 is 0. The first-order valence-electron chi connectivity index (χ1n) is 11.0. The second kappa shape index (κ2) is 10.1. The molecular weight excluding hydrogens is 464 g/mol. The number of hydrogen-bond donors (Lipinski definition) is 1. The molecule has 0 heterocycles. The Morgan fingerprint density at radius 1 is 0.829 bits per heavy atom. The van der Waals surface area contributed by atoms with Crippen LogP contribution in [0.1, 0.15) is 17.3 Å². The maximum Gasteiger partial charge on any atom is 0.264 e. The number of methoxy groups -OCH3 is 2. The van der Waals surface area contributed by atoms with Crippen molar-refractivity contribution >= 4 is 38.1 Å². The fourth-order valence-corrected chi connectivity index (χ4v) is 5.41. The van der Waals surface area contributed by atoms with E-state index in [0.717, 1.165) is 10.8 Å². The molecule has 0 saturated carbocycles. The van der Waals surface area contributed by atoms with Crippen molar-refractivity contribution in [2.45, 2.75) is 11.8 Å². The average Bonchev–Trinajstić information content (AvgIpc) is 2.88. The Labute approximate surface area is 205 Å². The van der Waals surface area contributed by atoms with Crippen molar-refractivity contribution in [3.05, 3.63) is 90.5 Å². The first kappa shape index (κ1) is 24.1. The molecule has 1 amide bonds. The van der Waals surface area contributed by atoms with Crippen LogP contribution in [-0.4, -0.2) is 35.1 Å². The number of amides is 1. The van der Waals surface area contributed by atoms with Gasteiger partial charge in [-0.3, -0.25) is 9.10 Å². The normalized spacial score (nSPS) is 11.2. The lowest BCUT2D eigenvalue weighted by molar-refractivity contribution is 0.102. The Bertz CT molecular complexity index is 1470. The molecule has 0 atom stereocenters. The van der Waals surface area contributed by atoms with Gasteiger partial charge in [0.05, 0.1) is 36.1 Å². The topological polar surface area (TPSA) is 84.9 Å². The van der Waals surface area contributed by atoms with E-state index in [1.165, 1.54) is 36.7 Å². The van der Waals surface area contributed by atoms with E-state index < -0.39 is 15.9 Å². The number of hydrogen-bond acceptors (Lipinski definition) is 5. The zero-order valence-corrected chi connectivity index (χ0v) is 20.5. The summed E-state index contributed by atoms with van der Waals surface area (Å²) in [5, 5.41) is 4.61. The SMILES string of the molecule is CCN(c1ccccc1)S(=O)(=O)c1ccc(OC)c(NC(=O)c2cc3ccccc3cc2OC)c1. The number of para-hydroxylation sites is 1. The Hall–Kier alpha value is -4.04. The van der Waals surface area contributed by atoms with Crippen LogP contribution in [0.3, 0.4) is 0 Å². The summed E-state index contributed by atoms with van der Waals surface area (Å²) in [6.07, 6.45) is 0. The molecule has 0 aromatic heterocycles. The molecule has 4 aromatic carbocycles. The van der Waals surface area contributed by atoms with Gasteiger partial charge in [0.2, 0.25) is 0 Å². The zero-order valence-electron chi connectivity index (χ0n) is 19.7. The summed E-state index contributed by atoms with van der Waals surface area (Å²) in [5.41, 5.74) is 1.11. The van der Waals surface area contributed by atoms with E-state index in [0.29, 0.717) is 22.7 Å². The summed E-state index contributed by atoms with van der Waals surface area (Å²) in [5.74, 6) is 0.292. The van der Waals surface area contributed by atoms with Crippen molar-refractivity contribution in [1.29, 1.82) is 0 Å². The Morgan fingerprint density at radius 2 is 1.46 bits per heavy atom. The van der Waals surface area contributed by atoms with Crippen LogP contribution in [0.5, 0.6) is 11.5 Å².